The molecule has 0 spiro atoms. The standard InChI is InChI=1S/C17H25FN2O3S/c1-13(24(22,23)16-7-5-15(18)6-8-16)10-17(21)20-9-3-4-14(12-20)11-19-2/h5-8,13-14,19H,3-4,9-12H2,1-2H3. The van der Waals surface area contributed by atoms with Crippen LogP contribution in [0.1, 0.15) is 26.2 Å². The smallest absolute Gasteiger partial charge is 0.223 e. The Morgan fingerprint density at radius 1 is 1.38 bits per heavy atom. The Kier molecular flexibility index (Phi) is 6.34. The third-order valence-corrected chi connectivity index (χ3v) is 6.65. The average Bonchev–Trinajstić information content (AvgIpc) is 2.55. The maximum atomic E-state index is 13.0. The zero-order valence-electron chi connectivity index (χ0n) is 14.2. The van der Waals surface area contributed by atoms with Crippen molar-refractivity contribution < 1.29 is 17.6 Å². The summed E-state index contributed by atoms with van der Waals surface area (Å²) in [6.45, 7) is 3.74. The summed E-state index contributed by atoms with van der Waals surface area (Å²) in [5.74, 6) is -0.202. The molecule has 1 amide bonds. The fourth-order valence-electron chi connectivity index (χ4n) is 3.09. The van der Waals surface area contributed by atoms with E-state index in [4.69, 9.17) is 0 Å². The molecule has 1 fully saturated rings. The maximum absolute atomic E-state index is 13.0. The number of piperidine rings is 1. The van der Waals surface area contributed by atoms with Gasteiger partial charge in [0.05, 0.1) is 10.1 Å². The van der Waals surface area contributed by atoms with Crippen molar-refractivity contribution in [3.63, 3.8) is 0 Å². The predicted molar refractivity (Wildman–Crippen MR) is 90.9 cm³/mol. The third kappa shape index (κ3) is 4.54. The van der Waals surface area contributed by atoms with E-state index >= 15 is 0 Å². The molecular formula is C17H25FN2O3S. The topological polar surface area (TPSA) is 66.5 Å². The number of amides is 1. The zero-order chi connectivity index (χ0) is 17.7. The van der Waals surface area contributed by atoms with Gasteiger partial charge in [-0.15, -0.1) is 0 Å². The number of carbonyl (C=O) groups is 1. The minimum absolute atomic E-state index is 0.0496. The van der Waals surface area contributed by atoms with Gasteiger partial charge in [0.1, 0.15) is 5.82 Å². The lowest BCUT2D eigenvalue weighted by Gasteiger charge is -2.33. The molecular weight excluding hydrogens is 331 g/mol. The van der Waals surface area contributed by atoms with Gasteiger partial charge in [-0.05, 0) is 63.5 Å². The van der Waals surface area contributed by atoms with Crippen LogP contribution >= 0.6 is 0 Å². The first kappa shape index (κ1) is 18.9. The zero-order valence-corrected chi connectivity index (χ0v) is 15.0. The van der Waals surface area contributed by atoms with E-state index in [9.17, 15) is 17.6 Å². The summed E-state index contributed by atoms with van der Waals surface area (Å²) in [7, 11) is -1.75. The second-order valence-corrected chi connectivity index (χ2v) is 8.79. The maximum Gasteiger partial charge on any atom is 0.223 e. The molecule has 2 atom stereocenters. The second-order valence-electron chi connectivity index (χ2n) is 6.42. The van der Waals surface area contributed by atoms with Gasteiger partial charge >= 0.3 is 0 Å². The van der Waals surface area contributed by atoms with E-state index in [0.29, 0.717) is 19.0 Å². The normalized spacial score (nSPS) is 20.0. The molecule has 5 nitrogen and oxygen atoms in total. The van der Waals surface area contributed by atoms with Crippen molar-refractivity contribution in [2.75, 3.05) is 26.7 Å². The molecule has 1 saturated heterocycles. The number of hydrogen-bond donors (Lipinski definition) is 1. The SMILES string of the molecule is CNCC1CCCN(C(=O)CC(C)S(=O)(=O)c2ccc(F)cc2)C1. The Balaban J connectivity index is 2.01. The molecule has 0 saturated carbocycles. The summed E-state index contributed by atoms with van der Waals surface area (Å²) in [4.78, 5) is 14.3. The number of nitrogens with zero attached hydrogens (tertiary/aromatic N) is 1. The van der Waals surface area contributed by atoms with Crippen molar-refractivity contribution in [1.82, 2.24) is 10.2 Å². The fraction of sp³-hybridized carbons (Fsp3) is 0.588. The van der Waals surface area contributed by atoms with Gasteiger partial charge in [-0.2, -0.15) is 0 Å². The van der Waals surface area contributed by atoms with E-state index in [1.807, 2.05) is 7.05 Å². The summed E-state index contributed by atoms with van der Waals surface area (Å²) in [6, 6.07) is 4.73. The van der Waals surface area contributed by atoms with Crippen LogP contribution in [0.15, 0.2) is 29.2 Å². The Hall–Kier alpha value is -1.47. The van der Waals surface area contributed by atoms with Gasteiger partial charge in [0, 0.05) is 19.5 Å². The minimum Gasteiger partial charge on any atom is -0.342 e. The van der Waals surface area contributed by atoms with Crippen molar-refractivity contribution in [3.8, 4) is 0 Å². The van der Waals surface area contributed by atoms with Crippen molar-refractivity contribution in [2.45, 2.75) is 36.3 Å². The van der Waals surface area contributed by atoms with Crippen LogP contribution in [-0.2, 0) is 14.6 Å². The molecule has 1 aliphatic rings. The molecule has 7 heteroatoms. The molecule has 0 aliphatic carbocycles. The number of likely N-dealkylation sites (tertiary alicyclic amines) is 1. The molecule has 1 aromatic carbocycles. The second kappa shape index (κ2) is 8.07. The number of sulfone groups is 1. The van der Waals surface area contributed by atoms with E-state index in [-0.39, 0.29) is 17.2 Å². The predicted octanol–water partition coefficient (Wildman–Crippen LogP) is 1.84. The van der Waals surface area contributed by atoms with E-state index < -0.39 is 20.9 Å². The fourth-order valence-corrected chi connectivity index (χ4v) is 4.43. The molecule has 0 radical (unpaired) electrons. The Bertz CT molecular complexity index is 659. The van der Waals surface area contributed by atoms with Crippen molar-refractivity contribution in [1.29, 1.82) is 0 Å². The molecule has 1 N–H and O–H groups in total. The lowest BCUT2D eigenvalue weighted by Crippen LogP contribution is -2.43. The Morgan fingerprint density at radius 2 is 2.04 bits per heavy atom. The number of halogens is 1. The molecule has 1 heterocycles. The Labute approximate surface area is 143 Å². The van der Waals surface area contributed by atoms with Crippen LogP contribution in [0.2, 0.25) is 0 Å². The van der Waals surface area contributed by atoms with Crippen molar-refractivity contribution in [3.05, 3.63) is 30.1 Å². The summed E-state index contributed by atoms with van der Waals surface area (Å²) in [5, 5.41) is 2.29. The van der Waals surface area contributed by atoms with E-state index in [1.54, 1.807) is 4.90 Å². The van der Waals surface area contributed by atoms with Crippen LogP contribution in [0.25, 0.3) is 0 Å². The molecule has 1 aromatic rings. The molecule has 2 unspecified atom stereocenters. The van der Waals surface area contributed by atoms with Crippen molar-refractivity contribution >= 4 is 15.7 Å². The summed E-state index contributed by atoms with van der Waals surface area (Å²) >= 11 is 0. The van der Waals surface area contributed by atoms with Gasteiger partial charge in [0.25, 0.3) is 0 Å². The van der Waals surface area contributed by atoms with Crippen LogP contribution in [0.5, 0.6) is 0 Å². The van der Waals surface area contributed by atoms with Crippen LogP contribution in [0.3, 0.4) is 0 Å². The van der Waals surface area contributed by atoms with Crippen LogP contribution in [-0.4, -0.2) is 51.2 Å². The molecule has 0 aromatic heterocycles. The minimum atomic E-state index is -3.64. The van der Waals surface area contributed by atoms with E-state index in [2.05, 4.69) is 5.32 Å². The van der Waals surface area contributed by atoms with Crippen LogP contribution in [0.4, 0.5) is 4.39 Å². The Morgan fingerprint density at radius 3 is 2.67 bits per heavy atom. The summed E-state index contributed by atoms with van der Waals surface area (Å²) in [5.41, 5.74) is 0. The lowest BCUT2D eigenvalue weighted by molar-refractivity contribution is -0.132. The van der Waals surface area contributed by atoms with Crippen molar-refractivity contribution in [2.24, 2.45) is 5.92 Å². The van der Waals surface area contributed by atoms with Gasteiger partial charge in [-0.3, -0.25) is 4.79 Å². The van der Waals surface area contributed by atoms with E-state index in [1.165, 1.54) is 19.1 Å². The molecule has 134 valence electrons. The third-order valence-electron chi connectivity index (χ3n) is 4.50. The van der Waals surface area contributed by atoms with Gasteiger partial charge in [0.2, 0.25) is 5.91 Å². The number of benzene rings is 1. The van der Waals surface area contributed by atoms with E-state index in [0.717, 1.165) is 31.5 Å². The molecule has 0 bridgehead atoms. The highest BCUT2D eigenvalue weighted by atomic mass is 32.2. The number of nitrogens with one attached hydrogen (secondary N) is 1. The van der Waals surface area contributed by atoms with Gasteiger partial charge in [0.15, 0.2) is 9.84 Å². The number of rotatable bonds is 6. The average molecular weight is 356 g/mol. The monoisotopic (exact) mass is 356 g/mol. The van der Waals surface area contributed by atoms with Gasteiger partial charge in [-0.25, -0.2) is 12.8 Å². The first-order chi connectivity index (χ1) is 11.3. The lowest BCUT2D eigenvalue weighted by atomic mass is 9.97. The summed E-state index contributed by atoms with van der Waals surface area (Å²) in [6.07, 6.45) is 1.97. The van der Waals surface area contributed by atoms with Crippen LogP contribution < -0.4 is 5.32 Å². The first-order valence-corrected chi connectivity index (χ1v) is 9.81. The van der Waals surface area contributed by atoms with Crippen LogP contribution in [0, 0.1) is 11.7 Å². The highest BCUT2D eigenvalue weighted by molar-refractivity contribution is 7.92. The highest BCUT2D eigenvalue weighted by Crippen LogP contribution is 2.21. The molecule has 2 rings (SSSR count). The molecule has 1 aliphatic heterocycles. The molecule has 24 heavy (non-hydrogen) atoms. The highest BCUT2D eigenvalue weighted by Gasteiger charge is 2.29. The number of carbonyl (C=O) groups excluding carboxylic acids is 1. The van der Waals surface area contributed by atoms with Gasteiger partial charge < -0.3 is 10.2 Å². The summed E-state index contributed by atoms with van der Waals surface area (Å²) < 4.78 is 38.0. The largest absolute Gasteiger partial charge is 0.342 e. The quantitative estimate of drug-likeness (QED) is 0.790. The number of hydrogen-bond acceptors (Lipinski definition) is 4. The van der Waals surface area contributed by atoms with Gasteiger partial charge in [-0.1, -0.05) is 0 Å². The first-order valence-electron chi connectivity index (χ1n) is 8.26.